The fraction of sp³-hybridized carbons (Fsp3) is 0.368. The van der Waals surface area contributed by atoms with Crippen LogP contribution in [-0.2, 0) is 6.54 Å². The Morgan fingerprint density at radius 3 is 2.61 bits per heavy atom. The van der Waals surface area contributed by atoms with Gasteiger partial charge < -0.3 is 0 Å². The first kappa shape index (κ1) is 15.9. The van der Waals surface area contributed by atoms with Gasteiger partial charge in [-0.1, -0.05) is 51.5 Å². The van der Waals surface area contributed by atoms with Crippen molar-refractivity contribution in [2.24, 2.45) is 0 Å². The Hall–Kier alpha value is -1.94. The molecule has 23 heavy (non-hydrogen) atoms. The topological polar surface area (TPSA) is 34.9 Å². The summed E-state index contributed by atoms with van der Waals surface area (Å²) in [5, 5.41) is 2.80. The van der Waals surface area contributed by atoms with Crippen molar-refractivity contribution in [1.82, 2.24) is 9.55 Å². The zero-order chi connectivity index (χ0) is 16.4. The predicted octanol–water partition coefficient (Wildman–Crippen LogP) is 5.05. The van der Waals surface area contributed by atoms with Crippen LogP contribution in [0.15, 0.2) is 40.8 Å². The van der Waals surface area contributed by atoms with Crippen LogP contribution in [0.1, 0.15) is 45.1 Å². The van der Waals surface area contributed by atoms with Gasteiger partial charge in [-0.3, -0.25) is 9.36 Å². The van der Waals surface area contributed by atoms with Crippen molar-refractivity contribution in [2.75, 3.05) is 0 Å². The molecular weight excluding hydrogens is 304 g/mol. The largest absolute Gasteiger partial charge is 0.299 e. The van der Waals surface area contributed by atoms with Crippen LogP contribution in [0, 0.1) is 0 Å². The molecule has 0 unspecified atom stereocenters. The lowest BCUT2D eigenvalue weighted by Crippen LogP contribution is -2.20. The number of unbranched alkanes of at least 4 members (excludes halogenated alkanes) is 1. The molecule has 3 nitrogen and oxygen atoms in total. The average Bonchev–Trinajstić information content (AvgIpc) is 2.99. The van der Waals surface area contributed by atoms with Gasteiger partial charge in [-0.2, -0.15) is 0 Å². The molecule has 0 N–H and O–H groups in total. The Morgan fingerprint density at radius 2 is 1.96 bits per heavy atom. The fourth-order valence-corrected chi connectivity index (χ4v) is 3.62. The lowest BCUT2D eigenvalue weighted by Gasteiger charge is -2.07. The van der Waals surface area contributed by atoms with Gasteiger partial charge in [-0.05, 0) is 23.5 Å². The molecule has 0 spiro atoms. The van der Waals surface area contributed by atoms with Crippen molar-refractivity contribution in [3.8, 4) is 11.1 Å². The highest BCUT2D eigenvalue weighted by Gasteiger charge is 2.13. The molecule has 0 saturated heterocycles. The van der Waals surface area contributed by atoms with E-state index in [1.807, 2.05) is 5.38 Å². The van der Waals surface area contributed by atoms with E-state index in [4.69, 9.17) is 0 Å². The number of aryl methyl sites for hydroxylation is 1. The van der Waals surface area contributed by atoms with E-state index in [-0.39, 0.29) is 5.56 Å². The number of fused-ring (bicyclic) bond motifs is 1. The maximum Gasteiger partial charge on any atom is 0.262 e. The van der Waals surface area contributed by atoms with Gasteiger partial charge in [-0.25, -0.2) is 4.98 Å². The molecule has 0 bridgehead atoms. The normalized spacial score (nSPS) is 11.5. The first-order chi connectivity index (χ1) is 11.1. The molecule has 0 radical (unpaired) electrons. The zero-order valence-corrected chi connectivity index (χ0v) is 14.7. The molecular formula is C19H22N2OS. The summed E-state index contributed by atoms with van der Waals surface area (Å²) >= 11 is 1.54. The number of aromatic nitrogens is 2. The third kappa shape index (κ3) is 3.08. The van der Waals surface area contributed by atoms with Crippen molar-refractivity contribution in [3.05, 3.63) is 51.9 Å². The molecule has 0 aliphatic heterocycles. The number of rotatable bonds is 5. The van der Waals surface area contributed by atoms with Gasteiger partial charge in [0.05, 0.1) is 11.7 Å². The van der Waals surface area contributed by atoms with Crippen molar-refractivity contribution in [1.29, 1.82) is 0 Å². The molecule has 4 heteroatoms. The van der Waals surface area contributed by atoms with E-state index in [0.29, 0.717) is 5.92 Å². The quantitative estimate of drug-likeness (QED) is 0.657. The molecule has 0 amide bonds. The highest BCUT2D eigenvalue weighted by molar-refractivity contribution is 7.17. The zero-order valence-electron chi connectivity index (χ0n) is 13.9. The Balaban J connectivity index is 2.09. The first-order valence-corrected chi connectivity index (χ1v) is 9.06. The van der Waals surface area contributed by atoms with Crippen LogP contribution < -0.4 is 5.56 Å². The van der Waals surface area contributed by atoms with Gasteiger partial charge in [0.15, 0.2) is 0 Å². The van der Waals surface area contributed by atoms with Gasteiger partial charge in [0.1, 0.15) is 4.83 Å². The number of benzene rings is 1. The van der Waals surface area contributed by atoms with Crippen molar-refractivity contribution in [2.45, 2.75) is 46.1 Å². The van der Waals surface area contributed by atoms with Crippen LogP contribution in [0.25, 0.3) is 21.3 Å². The minimum absolute atomic E-state index is 0.0765. The number of hydrogen-bond donors (Lipinski definition) is 0. The Bertz CT molecular complexity index is 859. The van der Waals surface area contributed by atoms with Crippen molar-refractivity contribution in [3.63, 3.8) is 0 Å². The van der Waals surface area contributed by atoms with Crippen LogP contribution in [-0.4, -0.2) is 9.55 Å². The highest BCUT2D eigenvalue weighted by atomic mass is 32.1. The van der Waals surface area contributed by atoms with E-state index in [1.165, 1.54) is 5.56 Å². The maximum atomic E-state index is 12.8. The molecule has 0 fully saturated rings. The van der Waals surface area contributed by atoms with E-state index in [2.05, 4.69) is 50.0 Å². The third-order valence-corrected chi connectivity index (χ3v) is 5.09. The van der Waals surface area contributed by atoms with Gasteiger partial charge in [-0.15, -0.1) is 11.3 Å². The second-order valence-corrected chi connectivity index (χ2v) is 7.06. The monoisotopic (exact) mass is 326 g/mol. The summed E-state index contributed by atoms with van der Waals surface area (Å²) in [6.45, 7) is 7.24. The average molecular weight is 326 g/mol. The van der Waals surface area contributed by atoms with E-state index in [9.17, 15) is 4.79 Å². The van der Waals surface area contributed by atoms with Crippen LogP contribution in [0.2, 0.25) is 0 Å². The van der Waals surface area contributed by atoms with Crippen LogP contribution >= 0.6 is 11.3 Å². The number of nitrogens with zero attached hydrogens (tertiary/aromatic N) is 2. The molecule has 0 aliphatic carbocycles. The summed E-state index contributed by atoms with van der Waals surface area (Å²) in [5.74, 6) is 0.510. The summed E-state index contributed by atoms with van der Waals surface area (Å²) in [4.78, 5) is 18.1. The number of hydrogen-bond acceptors (Lipinski definition) is 3. The van der Waals surface area contributed by atoms with Gasteiger partial charge in [0.2, 0.25) is 0 Å². The van der Waals surface area contributed by atoms with Crippen LogP contribution in [0.5, 0.6) is 0 Å². The molecule has 2 heterocycles. The second kappa shape index (κ2) is 6.67. The summed E-state index contributed by atoms with van der Waals surface area (Å²) in [6.07, 6.45) is 3.75. The minimum atomic E-state index is 0.0765. The molecule has 0 atom stereocenters. The van der Waals surface area contributed by atoms with Crippen molar-refractivity contribution >= 4 is 21.6 Å². The highest BCUT2D eigenvalue weighted by Crippen LogP contribution is 2.31. The van der Waals surface area contributed by atoms with E-state index < -0.39 is 0 Å². The smallest absolute Gasteiger partial charge is 0.262 e. The Labute approximate surface area is 140 Å². The lowest BCUT2D eigenvalue weighted by atomic mass is 9.99. The Morgan fingerprint density at radius 1 is 1.22 bits per heavy atom. The molecule has 2 aromatic heterocycles. The summed E-state index contributed by atoms with van der Waals surface area (Å²) in [7, 11) is 0. The molecule has 120 valence electrons. The summed E-state index contributed by atoms with van der Waals surface area (Å²) < 4.78 is 1.74. The molecule has 0 saturated carbocycles. The standard InChI is InChI=1S/C19H22N2OS/c1-4-5-10-21-12-20-18-17(19(21)22)16(11-23-18)15-8-6-14(7-9-15)13(2)3/h6-9,11-13H,4-5,10H2,1-3H3. The van der Waals surface area contributed by atoms with Gasteiger partial charge in [0, 0.05) is 17.5 Å². The molecule has 3 aromatic rings. The second-order valence-electron chi connectivity index (χ2n) is 6.20. The van der Waals surface area contributed by atoms with E-state index >= 15 is 0 Å². The Kier molecular flexibility index (Phi) is 4.62. The van der Waals surface area contributed by atoms with Crippen molar-refractivity contribution < 1.29 is 0 Å². The van der Waals surface area contributed by atoms with Crippen LogP contribution in [0.4, 0.5) is 0 Å². The van der Waals surface area contributed by atoms with Gasteiger partial charge >= 0.3 is 0 Å². The maximum absolute atomic E-state index is 12.8. The van der Waals surface area contributed by atoms with Crippen LogP contribution in [0.3, 0.4) is 0 Å². The third-order valence-electron chi connectivity index (χ3n) is 4.20. The van der Waals surface area contributed by atoms with E-state index in [1.54, 1.807) is 22.2 Å². The summed E-state index contributed by atoms with van der Waals surface area (Å²) in [6, 6.07) is 8.52. The fourth-order valence-electron chi connectivity index (χ4n) is 2.72. The SMILES string of the molecule is CCCCn1cnc2scc(-c3ccc(C(C)C)cc3)c2c1=O. The molecule has 3 rings (SSSR count). The number of thiophene rings is 1. The first-order valence-electron chi connectivity index (χ1n) is 8.18. The van der Waals surface area contributed by atoms with E-state index in [0.717, 1.165) is 40.7 Å². The molecule has 0 aliphatic rings. The summed E-state index contributed by atoms with van der Waals surface area (Å²) in [5.41, 5.74) is 3.48. The lowest BCUT2D eigenvalue weighted by molar-refractivity contribution is 0.609. The predicted molar refractivity (Wildman–Crippen MR) is 98.3 cm³/mol. The van der Waals surface area contributed by atoms with Gasteiger partial charge in [0.25, 0.3) is 5.56 Å². The minimum Gasteiger partial charge on any atom is -0.299 e. The molecule has 1 aromatic carbocycles.